The van der Waals surface area contributed by atoms with Crippen molar-refractivity contribution >= 4 is 17.6 Å². The Morgan fingerprint density at radius 2 is 1.84 bits per heavy atom. The van der Waals surface area contributed by atoms with E-state index in [-0.39, 0.29) is 11.9 Å². The van der Waals surface area contributed by atoms with E-state index in [0.717, 1.165) is 31.6 Å². The average Bonchev–Trinajstić information content (AvgIpc) is 3.37. The van der Waals surface area contributed by atoms with Crippen molar-refractivity contribution in [2.45, 2.75) is 50.5 Å². The van der Waals surface area contributed by atoms with Gasteiger partial charge in [-0.1, -0.05) is 19.1 Å². The Morgan fingerprint density at radius 3 is 2.53 bits per heavy atom. The van der Waals surface area contributed by atoms with Crippen molar-refractivity contribution in [3.05, 3.63) is 59.2 Å². The quantitative estimate of drug-likeness (QED) is 0.667. The minimum absolute atomic E-state index is 0.147. The van der Waals surface area contributed by atoms with Gasteiger partial charge in [0, 0.05) is 13.5 Å². The number of amides is 3. The first-order chi connectivity index (χ1) is 15.4. The van der Waals surface area contributed by atoms with E-state index in [4.69, 9.17) is 10.00 Å². The summed E-state index contributed by atoms with van der Waals surface area (Å²) in [4.78, 5) is 29.5. The predicted octanol–water partition coefficient (Wildman–Crippen LogP) is 4.62. The van der Waals surface area contributed by atoms with Gasteiger partial charge in [0.2, 0.25) is 0 Å². The third kappa shape index (κ3) is 3.07. The van der Waals surface area contributed by atoms with Gasteiger partial charge >= 0.3 is 6.03 Å². The molecule has 0 bridgehead atoms. The highest BCUT2D eigenvalue weighted by Crippen LogP contribution is 2.46. The van der Waals surface area contributed by atoms with E-state index in [2.05, 4.69) is 31.2 Å². The fourth-order valence-corrected chi connectivity index (χ4v) is 5.59. The molecule has 164 valence electrons. The SMILES string of the molecule is CC(c1ccc2c(c1)OCC2)C1CCC2(CC1)C(=O)N(c1ccc(C#N)cc1)C(=O)N2C. The number of imide groups is 1. The Morgan fingerprint density at radius 1 is 1.12 bits per heavy atom. The van der Waals surface area contributed by atoms with Gasteiger partial charge in [-0.25, -0.2) is 9.69 Å². The zero-order chi connectivity index (χ0) is 22.5. The molecule has 0 aromatic heterocycles. The van der Waals surface area contributed by atoms with Gasteiger partial charge in [0.25, 0.3) is 5.91 Å². The molecule has 1 aliphatic carbocycles. The van der Waals surface area contributed by atoms with Crippen LogP contribution in [0.3, 0.4) is 0 Å². The number of ether oxygens (including phenoxy) is 1. The summed E-state index contributed by atoms with van der Waals surface area (Å²) in [7, 11) is 1.74. The zero-order valence-corrected chi connectivity index (χ0v) is 18.5. The topological polar surface area (TPSA) is 73.6 Å². The van der Waals surface area contributed by atoms with Crippen molar-refractivity contribution in [2.75, 3.05) is 18.6 Å². The Hall–Kier alpha value is -3.33. The van der Waals surface area contributed by atoms with Gasteiger partial charge in [0.15, 0.2) is 0 Å². The Kier molecular flexibility index (Phi) is 4.93. The zero-order valence-electron chi connectivity index (χ0n) is 18.5. The van der Waals surface area contributed by atoms with E-state index in [1.54, 1.807) is 36.2 Å². The Balaban J connectivity index is 1.33. The smallest absolute Gasteiger partial charge is 0.332 e. The van der Waals surface area contributed by atoms with Crippen molar-refractivity contribution in [1.82, 2.24) is 4.90 Å². The summed E-state index contributed by atoms with van der Waals surface area (Å²) in [5.41, 5.74) is 2.82. The number of hydrogen-bond donors (Lipinski definition) is 0. The van der Waals surface area contributed by atoms with E-state index in [0.29, 0.717) is 35.9 Å². The fraction of sp³-hybridized carbons (Fsp3) is 0.423. The monoisotopic (exact) mass is 429 g/mol. The number of rotatable bonds is 3. The van der Waals surface area contributed by atoms with Gasteiger partial charge in [0.1, 0.15) is 11.3 Å². The van der Waals surface area contributed by atoms with Gasteiger partial charge in [0.05, 0.1) is 23.9 Å². The molecule has 1 atom stereocenters. The number of carbonyl (C=O) groups is 2. The molecule has 1 spiro atoms. The van der Waals surface area contributed by atoms with Crippen LogP contribution in [-0.4, -0.2) is 36.0 Å². The lowest BCUT2D eigenvalue weighted by molar-refractivity contribution is -0.126. The first-order valence-corrected chi connectivity index (χ1v) is 11.3. The lowest BCUT2D eigenvalue weighted by Crippen LogP contribution is -2.50. The molecule has 0 radical (unpaired) electrons. The molecule has 1 unspecified atom stereocenters. The number of urea groups is 1. The van der Waals surface area contributed by atoms with Crippen LogP contribution in [0.15, 0.2) is 42.5 Å². The Bertz CT molecular complexity index is 1110. The van der Waals surface area contributed by atoms with E-state index >= 15 is 0 Å². The standard InChI is InChI=1S/C26H27N3O3/c1-17(21-6-5-20-11-14-32-23(20)15-21)19-9-12-26(13-10-19)24(30)29(25(31)28(26)2)22-7-3-18(16-27)4-8-22/h3-8,15,17,19H,9-14H2,1-2H3. The highest BCUT2D eigenvalue weighted by molar-refractivity contribution is 6.23. The summed E-state index contributed by atoms with van der Waals surface area (Å²) in [6, 6.07) is 15.0. The molecule has 2 heterocycles. The molecule has 2 aromatic rings. The molecule has 3 aliphatic rings. The van der Waals surface area contributed by atoms with Crippen LogP contribution in [0.2, 0.25) is 0 Å². The molecular weight excluding hydrogens is 402 g/mol. The highest BCUT2D eigenvalue weighted by atomic mass is 16.5. The second kappa shape index (κ2) is 7.67. The summed E-state index contributed by atoms with van der Waals surface area (Å²) in [6.45, 7) is 3.02. The molecule has 1 saturated carbocycles. The second-order valence-electron chi connectivity index (χ2n) is 9.26. The van der Waals surface area contributed by atoms with Crippen LogP contribution in [0.1, 0.15) is 55.2 Å². The van der Waals surface area contributed by atoms with E-state index in [9.17, 15) is 9.59 Å². The molecule has 6 heteroatoms. The molecule has 2 aromatic carbocycles. The lowest BCUT2D eigenvalue weighted by atomic mass is 9.70. The first kappa shape index (κ1) is 20.6. The number of anilines is 1. The third-order valence-corrected chi connectivity index (χ3v) is 7.79. The number of benzene rings is 2. The molecule has 6 nitrogen and oxygen atoms in total. The van der Waals surface area contributed by atoms with Crippen molar-refractivity contribution in [1.29, 1.82) is 5.26 Å². The number of fused-ring (bicyclic) bond motifs is 1. The van der Waals surface area contributed by atoms with Crippen molar-refractivity contribution in [3.63, 3.8) is 0 Å². The number of likely N-dealkylation sites (N-methyl/N-ethyl adjacent to an activating group) is 1. The largest absolute Gasteiger partial charge is 0.493 e. The van der Waals surface area contributed by atoms with Crippen molar-refractivity contribution in [3.8, 4) is 11.8 Å². The van der Waals surface area contributed by atoms with Gasteiger partial charge in [-0.05, 0) is 79.0 Å². The van der Waals surface area contributed by atoms with E-state index in [1.165, 1.54) is 16.0 Å². The molecule has 1 saturated heterocycles. The van der Waals surface area contributed by atoms with Crippen LogP contribution in [-0.2, 0) is 11.2 Å². The number of hydrogen-bond acceptors (Lipinski definition) is 4. The maximum atomic E-state index is 13.5. The van der Waals surface area contributed by atoms with Gasteiger partial charge in [-0.15, -0.1) is 0 Å². The van der Waals surface area contributed by atoms with Crippen molar-refractivity contribution in [2.24, 2.45) is 5.92 Å². The maximum absolute atomic E-state index is 13.5. The second-order valence-corrected chi connectivity index (χ2v) is 9.26. The molecular formula is C26H27N3O3. The molecule has 0 N–H and O–H groups in total. The van der Waals surface area contributed by atoms with Crippen LogP contribution >= 0.6 is 0 Å². The highest BCUT2D eigenvalue weighted by Gasteiger charge is 2.57. The summed E-state index contributed by atoms with van der Waals surface area (Å²) in [5, 5.41) is 9.02. The summed E-state index contributed by atoms with van der Waals surface area (Å²) in [5.74, 6) is 1.69. The molecule has 3 amide bonds. The molecule has 2 fully saturated rings. The molecule has 32 heavy (non-hydrogen) atoms. The number of nitrogens with zero attached hydrogens (tertiary/aromatic N) is 3. The molecule has 2 aliphatic heterocycles. The maximum Gasteiger partial charge on any atom is 0.332 e. The number of nitriles is 1. The normalized spacial score (nSPS) is 25.6. The summed E-state index contributed by atoms with van der Waals surface area (Å²) >= 11 is 0. The van der Waals surface area contributed by atoms with Gasteiger partial charge in [-0.2, -0.15) is 5.26 Å². The van der Waals surface area contributed by atoms with Crippen LogP contribution < -0.4 is 9.64 Å². The average molecular weight is 430 g/mol. The van der Waals surface area contributed by atoms with Crippen LogP contribution in [0.25, 0.3) is 0 Å². The first-order valence-electron chi connectivity index (χ1n) is 11.3. The number of carbonyl (C=O) groups excluding carboxylic acids is 2. The van der Waals surface area contributed by atoms with Crippen molar-refractivity contribution < 1.29 is 14.3 Å². The van der Waals surface area contributed by atoms with E-state index in [1.807, 2.05) is 0 Å². The minimum atomic E-state index is -0.776. The predicted molar refractivity (Wildman–Crippen MR) is 121 cm³/mol. The third-order valence-electron chi connectivity index (χ3n) is 7.79. The van der Waals surface area contributed by atoms with Gasteiger partial charge < -0.3 is 9.64 Å². The molecule has 5 rings (SSSR count). The summed E-state index contributed by atoms with van der Waals surface area (Å²) in [6.07, 6.45) is 4.09. The van der Waals surface area contributed by atoms with Crippen LogP contribution in [0.5, 0.6) is 5.75 Å². The fourth-order valence-electron chi connectivity index (χ4n) is 5.59. The Labute approximate surface area is 188 Å². The lowest BCUT2D eigenvalue weighted by Gasteiger charge is -2.41. The van der Waals surface area contributed by atoms with E-state index < -0.39 is 5.54 Å². The van der Waals surface area contributed by atoms with Gasteiger partial charge in [-0.3, -0.25) is 4.79 Å². The minimum Gasteiger partial charge on any atom is -0.493 e. The summed E-state index contributed by atoms with van der Waals surface area (Å²) < 4.78 is 5.75. The van der Waals surface area contributed by atoms with Crippen LogP contribution in [0, 0.1) is 17.2 Å². The van der Waals surface area contributed by atoms with Crippen LogP contribution in [0.4, 0.5) is 10.5 Å².